The lowest BCUT2D eigenvalue weighted by Gasteiger charge is -2.42. The van der Waals surface area contributed by atoms with Crippen molar-refractivity contribution in [1.82, 2.24) is 0 Å². The van der Waals surface area contributed by atoms with Gasteiger partial charge in [0.15, 0.2) is 12.6 Å². The maximum absolute atomic E-state index is 10.3. The van der Waals surface area contributed by atoms with E-state index >= 15 is 0 Å². The van der Waals surface area contributed by atoms with Gasteiger partial charge in [0.25, 0.3) is 0 Å². The van der Waals surface area contributed by atoms with E-state index in [0.717, 1.165) is 5.56 Å². The summed E-state index contributed by atoms with van der Waals surface area (Å²) in [6.07, 6.45) is -14.3. The van der Waals surface area contributed by atoms with E-state index in [-0.39, 0.29) is 6.61 Å². The molecule has 2 aliphatic rings. The second kappa shape index (κ2) is 10.4. The summed E-state index contributed by atoms with van der Waals surface area (Å²) in [4.78, 5) is 0. The highest BCUT2D eigenvalue weighted by molar-refractivity contribution is 5.13. The Morgan fingerprint density at radius 1 is 0.733 bits per heavy atom. The number of rotatable bonds is 7. The molecule has 10 atom stereocenters. The molecular formula is C19H28O11. The maximum atomic E-state index is 10.3. The topological polar surface area (TPSA) is 179 Å². The molecule has 1 aromatic carbocycles. The van der Waals surface area contributed by atoms with Gasteiger partial charge in [-0.25, -0.2) is 0 Å². The molecule has 7 N–H and O–H groups in total. The lowest BCUT2D eigenvalue weighted by Crippen LogP contribution is -2.61. The van der Waals surface area contributed by atoms with Crippen LogP contribution in [0.15, 0.2) is 30.3 Å². The van der Waals surface area contributed by atoms with Crippen LogP contribution in [0.1, 0.15) is 5.56 Å². The average molecular weight is 432 g/mol. The summed E-state index contributed by atoms with van der Waals surface area (Å²) in [5, 5.41) is 69.6. The van der Waals surface area contributed by atoms with Crippen molar-refractivity contribution >= 4 is 0 Å². The van der Waals surface area contributed by atoms with E-state index in [2.05, 4.69) is 0 Å². The van der Waals surface area contributed by atoms with Gasteiger partial charge in [0.05, 0.1) is 19.8 Å². The van der Waals surface area contributed by atoms with Crippen LogP contribution in [-0.4, -0.2) is 110 Å². The van der Waals surface area contributed by atoms with Crippen LogP contribution in [0, 0.1) is 0 Å². The summed E-state index contributed by atoms with van der Waals surface area (Å²) in [6, 6.07) is 9.06. The highest BCUT2D eigenvalue weighted by Gasteiger charge is 2.47. The minimum Gasteiger partial charge on any atom is -0.394 e. The second-order valence-corrected chi connectivity index (χ2v) is 7.34. The zero-order valence-corrected chi connectivity index (χ0v) is 16.0. The highest BCUT2D eigenvalue weighted by atomic mass is 16.7. The Hall–Kier alpha value is -1.22. The first-order valence-corrected chi connectivity index (χ1v) is 9.60. The lowest BCUT2D eigenvalue weighted by molar-refractivity contribution is -0.329. The first-order chi connectivity index (χ1) is 14.3. The Bertz CT molecular complexity index is 645. The van der Waals surface area contributed by atoms with Crippen molar-refractivity contribution < 1.29 is 54.7 Å². The van der Waals surface area contributed by atoms with E-state index in [0.29, 0.717) is 0 Å². The fraction of sp³-hybridized carbons (Fsp3) is 0.684. The SMILES string of the molecule is OC[C@H]1O[C@@H](OC[C@H]2O[C@@H](O)[C@H](OCc3ccccc3)[C@@H](O)[C@@H]2O)[C@H](O)[C@@H](O)[C@@H]1O. The first-order valence-electron chi connectivity index (χ1n) is 9.60. The number of hydrogen-bond acceptors (Lipinski definition) is 11. The minimum absolute atomic E-state index is 0.0851. The third-order valence-electron chi connectivity index (χ3n) is 5.22. The van der Waals surface area contributed by atoms with Crippen molar-refractivity contribution in [2.75, 3.05) is 13.2 Å². The quantitative estimate of drug-likeness (QED) is 0.231. The normalized spacial score (nSPS) is 42.2. The Morgan fingerprint density at radius 3 is 2.07 bits per heavy atom. The summed E-state index contributed by atoms with van der Waals surface area (Å²) in [5.41, 5.74) is 0.805. The molecular weight excluding hydrogens is 404 g/mol. The van der Waals surface area contributed by atoms with Gasteiger partial charge in [-0.1, -0.05) is 30.3 Å². The lowest BCUT2D eigenvalue weighted by atomic mass is 9.98. The number of benzene rings is 1. The first kappa shape index (κ1) is 23.4. The van der Waals surface area contributed by atoms with Gasteiger partial charge in [0.1, 0.15) is 48.8 Å². The zero-order valence-electron chi connectivity index (χ0n) is 16.0. The monoisotopic (exact) mass is 432 g/mol. The van der Waals surface area contributed by atoms with E-state index in [1.54, 1.807) is 12.1 Å². The highest BCUT2D eigenvalue weighted by Crippen LogP contribution is 2.26. The number of aliphatic hydroxyl groups is 7. The smallest absolute Gasteiger partial charge is 0.186 e. The molecule has 2 aliphatic heterocycles. The van der Waals surface area contributed by atoms with Crippen LogP contribution < -0.4 is 0 Å². The minimum atomic E-state index is -1.62. The molecule has 11 heteroatoms. The Kier molecular flexibility index (Phi) is 8.12. The molecule has 30 heavy (non-hydrogen) atoms. The predicted octanol–water partition coefficient (Wildman–Crippen LogP) is -3.17. The predicted molar refractivity (Wildman–Crippen MR) is 97.6 cm³/mol. The third-order valence-corrected chi connectivity index (χ3v) is 5.22. The van der Waals surface area contributed by atoms with Crippen LogP contribution in [0.4, 0.5) is 0 Å². The third kappa shape index (κ3) is 5.15. The zero-order chi connectivity index (χ0) is 21.8. The largest absolute Gasteiger partial charge is 0.394 e. The molecule has 0 radical (unpaired) electrons. The van der Waals surface area contributed by atoms with E-state index in [1.807, 2.05) is 18.2 Å². The Labute approximate surface area is 172 Å². The molecule has 2 saturated heterocycles. The number of hydrogen-bond donors (Lipinski definition) is 7. The molecule has 0 spiro atoms. The van der Waals surface area contributed by atoms with Gasteiger partial charge >= 0.3 is 0 Å². The van der Waals surface area contributed by atoms with E-state index < -0.39 is 74.6 Å². The van der Waals surface area contributed by atoms with Crippen molar-refractivity contribution in [3.63, 3.8) is 0 Å². The summed E-state index contributed by atoms with van der Waals surface area (Å²) in [5.74, 6) is 0. The van der Waals surface area contributed by atoms with Crippen molar-refractivity contribution in [2.45, 2.75) is 68.0 Å². The number of ether oxygens (including phenoxy) is 4. The maximum Gasteiger partial charge on any atom is 0.186 e. The van der Waals surface area contributed by atoms with Crippen molar-refractivity contribution in [3.8, 4) is 0 Å². The summed E-state index contributed by atoms with van der Waals surface area (Å²) in [6.45, 7) is -0.962. The molecule has 0 saturated carbocycles. The van der Waals surface area contributed by atoms with Gasteiger partial charge in [-0.2, -0.15) is 0 Å². The average Bonchev–Trinajstić information content (AvgIpc) is 2.75. The molecule has 0 aliphatic carbocycles. The van der Waals surface area contributed by atoms with E-state index in [4.69, 9.17) is 18.9 Å². The second-order valence-electron chi connectivity index (χ2n) is 7.34. The standard InChI is InChI=1S/C19H28O11/c20-6-10-12(21)14(23)16(25)19(30-10)28-8-11-13(22)15(24)17(18(26)29-11)27-7-9-4-2-1-3-5-9/h1-5,10-26H,6-8H2/t10-,11-,12-,13-,14+,15+,16-,17-,18-,19-/m1/s1. The van der Waals surface area contributed by atoms with Gasteiger partial charge in [0.2, 0.25) is 0 Å². The van der Waals surface area contributed by atoms with Gasteiger partial charge in [-0.15, -0.1) is 0 Å². The molecule has 1 aromatic rings. The molecule has 2 fully saturated rings. The van der Waals surface area contributed by atoms with E-state index in [1.165, 1.54) is 0 Å². The molecule has 11 nitrogen and oxygen atoms in total. The van der Waals surface area contributed by atoms with Crippen LogP contribution in [0.25, 0.3) is 0 Å². The van der Waals surface area contributed by atoms with Crippen LogP contribution >= 0.6 is 0 Å². The van der Waals surface area contributed by atoms with Crippen LogP contribution in [-0.2, 0) is 25.6 Å². The fourth-order valence-electron chi connectivity index (χ4n) is 3.40. The van der Waals surface area contributed by atoms with Crippen molar-refractivity contribution in [3.05, 3.63) is 35.9 Å². The van der Waals surface area contributed by atoms with Gasteiger partial charge in [0, 0.05) is 0 Å². The van der Waals surface area contributed by atoms with Gasteiger partial charge < -0.3 is 54.7 Å². The Balaban J connectivity index is 1.54. The Morgan fingerprint density at radius 2 is 1.40 bits per heavy atom. The summed E-state index contributed by atoms with van der Waals surface area (Å²) >= 11 is 0. The van der Waals surface area contributed by atoms with Crippen molar-refractivity contribution in [1.29, 1.82) is 0 Å². The molecule has 3 rings (SSSR count). The number of aliphatic hydroxyl groups excluding tert-OH is 7. The van der Waals surface area contributed by atoms with Crippen molar-refractivity contribution in [2.24, 2.45) is 0 Å². The van der Waals surface area contributed by atoms with E-state index in [9.17, 15) is 35.7 Å². The molecule has 0 aromatic heterocycles. The molecule has 2 heterocycles. The van der Waals surface area contributed by atoms with Crippen LogP contribution in [0.2, 0.25) is 0 Å². The summed E-state index contributed by atoms with van der Waals surface area (Å²) < 4.78 is 21.3. The summed E-state index contributed by atoms with van der Waals surface area (Å²) in [7, 11) is 0. The van der Waals surface area contributed by atoms with Crippen LogP contribution in [0.5, 0.6) is 0 Å². The van der Waals surface area contributed by atoms with Gasteiger partial charge in [-0.3, -0.25) is 0 Å². The molecule has 170 valence electrons. The van der Waals surface area contributed by atoms with Crippen LogP contribution in [0.3, 0.4) is 0 Å². The molecule has 0 bridgehead atoms. The van der Waals surface area contributed by atoms with Gasteiger partial charge in [-0.05, 0) is 5.56 Å². The fourth-order valence-corrected chi connectivity index (χ4v) is 3.40. The molecule has 0 amide bonds. The molecule has 0 unspecified atom stereocenters.